The highest BCUT2D eigenvalue weighted by Crippen LogP contribution is 2.16. The Labute approximate surface area is 68.0 Å². The third-order valence-corrected chi connectivity index (χ3v) is 1.17. The molecule has 60 valence electrons. The first-order valence-corrected chi connectivity index (χ1v) is 3.82. The van der Waals surface area contributed by atoms with Crippen LogP contribution in [0, 0.1) is 0 Å². The standard InChI is InChI=1S/C10H14O/c1-10(2,3)11-9-7-5-4-6-8-9/h4-8H,1-3H3. The smallest absolute Gasteiger partial charge is 0.120 e. The first kappa shape index (κ1) is 8.12. The van der Waals surface area contributed by atoms with Gasteiger partial charge in [-0.2, -0.15) is 0 Å². The molecule has 0 fully saturated rings. The fourth-order valence-electron chi connectivity index (χ4n) is 0.842. The van der Waals surface area contributed by atoms with Gasteiger partial charge in [-0.1, -0.05) is 18.2 Å². The second-order valence-electron chi connectivity index (χ2n) is 3.53. The summed E-state index contributed by atoms with van der Waals surface area (Å²) >= 11 is 0. The van der Waals surface area contributed by atoms with Crippen LogP contribution in [0.2, 0.25) is 0 Å². The molecule has 1 aromatic rings. The molecule has 0 unspecified atom stereocenters. The molecule has 0 aliphatic carbocycles. The summed E-state index contributed by atoms with van der Waals surface area (Å²) in [5.41, 5.74) is -0.0959. The zero-order valence-electron chi connectivity index (χ0n) is 7.29. The van der Waals surface area contributed by atoms with Gasteiger partial charge in [0.2, 0.25) is 0 Å². The molecule has 0 amide bonds. The van der Waals surface area contributed by atoms with Crippen LogP contribution in [0.4, 0.5) is 0 Å². The molecule has 0 atom stereocenters. The zero-order chi connectivity index (χ0) is 8.32. The lowest BCUT2D eigenvalue weighted by Crippen LogP contribution is -2.22. The van der Waals surface area contributed by atoms with Crippen LogP contribution in [0.3, 0.4) is 0 Å². The van der Waals surface area contributed by atoms with Gasteiger partial charge in [0.25, 0.3) is 0 Å². The first-order valence-electron chi connectivity index (χ1n) is 3.82. The van der Waals surface area contributed by atoms with E-state index in [1.807, 2.05) is 51.1 Å². The van der Waals surface area contributed by atoms with Gasteiger partial charge in [0, 0.05) is 0 Å². The summed E-state index contributed by atoms with van der Waals surface area (Å²) in [6, 6.07) is 9.86. The Hall–Kier alpha value is -0.980. The highest BCUT2D eigenvalue weighted by atomic mass is 16.5. The van der Waals surface area contributed by atoms with Crippen LogP contribution in [-0.4, -0.2) is 5.60 Å². The van der Waals surface area contributed by atoms with Gasteiger partial charge in [-0.05, 0) is 32.9 Å². The van der Waals surface area contributed by atoms with Crippen molar-refractivity contribution in [1.29, 1.82) is 0 Å². The molecule has 0 heterocycles. The van der Waals surface area contributed by atoms with Crippen LogP contribution < -0.4 is 4.74 Å². The fraction of sp³-hybridized carbons (Fsp3) is 0.400. The van der Waals surface area contributed by atoms with Crippen molar-refractivity contribution in [2.45, 2.75) is 26.4 Å². The van der Waals surface area contributed by atoms with E-state index in [2.05, 4.69) is 0 Å². The summed E-state index contributed by atoms with van der Waals surface area (Å²) < 4.78 is 5.60. The number of ether oxygens (including phenoxy) is 1. The summed E-state index contributed by atoms with van der Waals surface area (Å²) in [5.74, 6) is 0.931. The molecular formula is C10H14O. The van der Waals surface area contributed by atoms with Crippen molar-refractivity contribution in [2.75, 3.05) is 0 Å². The van der Waals surface area contributed by atoms with E-state index in [1.54, 1.807) is 0 Å². The van der Waals surface area contributed by atoms with Crippen LogP contribution in [0.1, 0.15) is 20.8 Å². The van der Waals surface area contributed by atoms with E-state index in [0.29, 0.717) is 0 Å². The van der Waals surface area contributed by atoms with Crippen LogP contribution in [0.15, 0.2) is 30.3 Å². The van der Waals surface area contributed by atoms with E-state index >= 15 is 0 Å². The summed E-state index contributed by atoms with van der Waals surface area (Å²) in [7, 11) is 0. The molecule has 0 aliphatic rings. The summed E-state index contributed by atoms with van der Waals surface area (Å²) in [4.78, 5) is 0. The van der Waals surface area contributed by atoms with Crippen molar-refractivity contribution in [2.24, 2.45) is 0 Å². The minimum atomic E-state index is -0.0959. The second-order valence-corrected chi connectivity index (χ2v) is 3.53. The Balaban J connectivity index is 2.66. The van der Waals surface area contributed by atoms with Gasteiger partial charge in [0.05, 0.1) is 0 Å². The molecule has 1 aromatic carbocycles. The third-order valence-electron chi connectivity index (χ3n) is 1.17. The maximum absolute atomic E-state index is 5.60. The highest BCUT2D eigenvalue weighted by molar-refractivity contribution is 5.21. The molecule has 1 rings (SSSR count). The topological polar surface area (TPSA) is 9.23 Å². The molecular weight excluding hydrogens is 136 g/mol. The van der Waals surface area contributed by atoms with Crippen LogP contribution >= 0.6 is 0 Å². The van der Waals surface area contributed by atoms with Gasteiger partial charge >= 0.3 is 0 Å². The Morgan fingerprint density at radius 2 is 1.55 bits per heavy atom. The highest BCUT2D eigenvalue weighted by Gasteiger charge is 2.10. The third kappa shape index (κ3) is 3.08. The van der Waals surface area contributed by atoms with Crippen molar-refractivity contribution in [1.82, 2.24) is 0 Å². The molecule has 0 aromatic heterocycles. The molecule has 0 radical (unpaired) electrons. The SMILES string of the molecule is CC(C)(C)Oc1ccccc1. The van der Waals surface area contributed by atoms with E-state index in [-0.39, 0.29) is 5.60 Å². The van der Waals surface area contributed by atoms with Crippen LogP contribution in [-0.2, 0) is 0 Å². The number of benzene rings is 1. The number of hydrogen-bond acceptors (Lipinski definition) is 1. The maximum Gasteiger partial charge on any atom is 0.120 e. The molecule has 0 spiro atoms. The second kappa shape index (κ2) is 2.95. The molecule has 1 nitrogen and oxygen atoms in total. The van der Waals surface area contributed by atoms with Gasteiger partial charge in [-0.25, -0.2) is 0 Å². The lowest BCUT2D eigenvalue weighted by molar-refractivity contribution is 0.131. The van der Waals surface area contributed by atoms with E-state index in [9.17, 15) is 0 Å². The molecule has 0 aliphatic heterocycles. The molecule has 0 N–H and O–H groups in total. The van der Waals surface area contributed by atoms with Gasteiger partial charge in [-0.3, -0.25) is 0 Å². The van der Waals surface area contributed by atoms with E-state index in [1.165, 1.54) is 0 Å². The van der Waals surface area contributed by atoms with Crippen molar-refractivity contribution < 1.29 is 4.74 Å². The average Bonchev–Trinajstić information content (AvgIpc) is 1.85. The Kier molecular flexibility index (Phi) is 2.18. The molecule has 11 heavy (non-hydrogen) atoms. The largest absolute Gasteiger partial charge is 0.488 e. The van der Waals surface area contributed by atoms with Gasteiger partial charge < -0.3 is 4.74 Å². The number of para-hydroxylation sites is 1. The quantitative estimate of drug-likeness (QED) is 0.598. The van der Waals surface area contributed by atoms with Crippen molar-refractivity contribution in [3.8, 4) is 5.75 Å². The Morgan fingerprint density at radius 1 is 1.00 bits per heavy atom. The van der Waals surface area contributed by atoms with Gasteiger partial charge in [0.1, 0.15) is 11.4 Å². The van der Waals surface area contributed by atoms with E-state index in [0.717, 1.165) is 5.75 Å². The van der Waals surface area contributed by atoms with Crippen molar-refractivity contribution in [3.05, 3.63) is 30.3 Å². The van der Waals surface area contributed by atoms with Crippen LogP contribution in [0.5, 0.6) is 5.75 Å². The first-order chi connectivity index (χ1) is 5.08. The lowest BCUT2D eigenvalue weighted by atomic mass is 10.2. The number of hydrogen-bond donors (Lipinski definition) is 0. The predicted molar refractivity (Wildman–Crippen MR) is 46.8 cm³/mol. The summed E-state index contributed by atoms with van der Waals surface area (Å²) in [6.07, 6.45) is 0. The lowest BCUT2D eigenvalue weighted by Gasteiger charge is -2.20. The summed E-state index contributed by atoms with van der Waals surface area (Å²) in [5, 5.41) is 0. The normalized spacial score (nSPS) is 11.2. The Bertz CT molecular complexity index is 208. The summed E-state index contributed by atoms with van der Waals surface area (Å²) in [6.45, 7) is 6.12. The van der Waals surface area contributed by atoms with E-state index in [4.69, 9.17) is 4.74 Å². The number of rotatable bonds is 1. The minimum Gasteiger partial charge on any atom is -0.488 e. The maximum atomic E-state index is 5.60. The van der Waals surface area contributed by atoms with Crippen molar-refractivity contribution in [3.63, 3.8) is 0 Å². The molecule has 1 heteroatoms. The zero-order valence-corrected chi connectivity index (χ0v) is 7.29. The van der Waals surface area contributed by atoms with Crippen molar-refractivity contribution >= 4 is 0 Å². The predicted octanol–water partition coefficient (Wildman–Crippen LogP) is 2.86. The van der Waals surface area contributed by atoms with Gasteiger partial charge in [-0.15, -0.1) is 0 Å². The average molecular weight is 150 g/mol. The molecule has 0 saturated heterocycles. The molecule has 0 saturated carbocycles. The monoisotopic (exact) mass is 150 g/mol. The fourth-order valence-corrected chi connectivity index (χ4v) is 0.842. The van der Waals surface area contributed by atoms with E-state index < -0.39 is 0 Å². The van der Waals surface area contributed by atoms with Gasteiger partial charge in [0.15, 0.2) is 0 Å². The van der Waals surface area contributed by atoms with Crippen LogP contribution in [0.25, 0.3) is 0 Å². The minimum absolute atomic E-state index is 0.0959. The molecule has 0 bridgehead atoms. The Morgan fingerprint density at radius 3 is 2.00 bits per heavy atom.